The molecule has 1 aromatic carbocycles. The molecule has 0 aliphatic rings. The number of amides is 1. The second kappa shape index (κ2) is 7.26. The Labute approximate surface area is 146 Å². The van der Waals surface area contributed by atoms with E-state index in [9.17, 15) is 9.18 Å². The first-order chi connectivity index (χ1) is 11.7. The van der Waals surface area contributed by atoms with Gasteiger partial charge in [0.15, 0.2) is 5.82 Å². The molecule has 0 aliphatic carbocycles. The summed E-state index contributed by atoms with van der Waals surface area (Å²) in [4.78, 5) is 20.7. The molecule has 2 aromatic rings. The van der Waals surface area contributed by atoms with Crippen molar-refractivity contribution in [3.63, 3.8) is 0 Å². The Kier molecular flexibility index (Phi) is 5.32. The number of nitriles is 1. The van der Waals surface area contributed by atoms with Crippen LogP contribution < -0.4 is 10.4 Å². The van der Waals surface area contributed by atoms with Gasteiger partial charge in [-0.15, -0.1) is 0 Å². The highest BCUT2D eigenvalue weighted by Gasteiger charge is 2.22. The van der Waals surface area contributed by atoms with Gasteiger partial charge in [-0.25, -0.2) is 9.37 Å². The van der Waals surface area contributed by atoms with Crippen molar-refractivity contribution < 1.29 is 9.18 Å². The molecule has 1 amide bonds. The number of halogens is 1. The molecule has 1 aromatic heterocycles. The third-order valence-electron chi connectivity index (χ3n) is 3.28. The van der Waals surface area contributed by atoms with Crippen molar-refractivity contribution in [1.82, 2.24) is 15.4 Å². The average Bonchev–Trinajstić information content (AvgIpc) is 2.54. The smallest absolute Gasteiger partial charge is 0.267 e. The lowest BCUT2D eigenvalue weighted by Crippen LogP contribution is -2.47. The Balaban J connectivity index is 2.35. The van der Waals surface area contributed by atoms with Crippen LogP contribution in [0.1, 0.15) is 42.5 Å². The highest BCUT2D eigenvalue weighted by atomic mass is 19.1. The van der Waals surface area contributed by atoms with E-state index in [1.807, 2.05) is 26.8 Å². The minimum Gasteiger partial charge on any atom is -0.267 e. The number of benzene rings is 1. The summed E-state index contributed by atoms with van der Waals surface area (Å²) in [6.07, 6.45) is 1.54. The van der Waals surface area contributed by atoms with Crippen LogP contribution in [-0.4, -0.2) is 22.4 Å². The predicted octanol–water partition coefficient (Wildman–Crippen LogP) is 2.99. The summed E-state index contributed by atoms with van der Waals surface area (Å²) in [6.45, 7) is 8.32. The van der Waals surface area contributed by atoms with E-state index in [1.165, 1.54) is 24.3 Å². The molecule has 0 spiro atoms. The van der Waals surface area contributed by atoms with E-state index in [1.54, 1.807) is 18.1 Å². The Bertz CT molecular complexity index is 806. The molecule has 2 rings (SSSR count). The largest absolute Gasteiger partial charge is 0.269 e. The summed E-state index contributed by atoms with van der Waals surface area (Å²) in [5.41, 5.74) is 3.69. The van der Waals surface area contributed by atoms with Gasteiger partial charge in [0.25, 0.3) is 5.91 Å². The van der Waals surface area contributed by atoms with E-state index in [4.69, 9.17) is 5.26 Å². The van der Waals surface area contributed by atoms with Crippen LogP contribution in [0, 0.1) is 29.5 Å². The first-order valence-electron chi connectivity index (χ1n) is 7.77. The Hall–Kier alpha value is -3.01. The van der Waals surface area contributed by atoms with E-state index in [-0.39, 0.29) is 17.1 Å². The summed E-state index contributed by atoms with van der Waals surface area (Å²) in [5.74, 6) is -0.318. The summed E-state index contributed by atoms with van der Waals surface area (Å²) < 4.78 is 13.0. The van der Waals surface area contributed by atoms with Crippen molar-refractivity contribution >= 4 is 11.7 Å². The maximum atomic E-state index is 13.0. The number of hydrogen-bond acceptors (Lipinski definition) is 5. The topological polar surface area (TPSA) is 81.9 Å². The Morgan fingerprint density at radius 1 is 1.32 bits per heavy atom. The summed E-state index contributed by atoms with van der Waals surface area (Å²) in [7, 11) is 0. The molecule has 130 valence electrons. The molecule has 1 heterocycles. The number of aryl methyl sites for hydroxylation is 1. The van der Waals surface area contributed by atoms with Crippen LogP contribution in [0.4, 0.5) is 10.2 Å². The lowest BCUT2D eigenvalue weighted by atomic mass is 9.96. The lowest BCUT2D eigenvalue weighted by molar-refractivity contribution is 0.0945. The third kappa shape index (κ3) is 4.98. The van der Waals surface area contributed by atoms with Gasteiger partial charge in [-0.2, -0.15) is 10.2 Å². The second-order valence-corrected chi connectivity index (χ2v) is 6.91. The molecule has 0 aliphatic heterocycles. The number of hydrogen-bond donors (Lipinski definition) is 1. The van der Waals surface area contributed by atoms with Crippen molar-refractivity contribution in [3.8, 4) is 6.07 Å². The first kappa shape index (κ1) is 18.3. The summed E-state index contributed by atoms with van der Waals surface area (Å²) >= 11 is 0. The molecule has 0 atom stereocenters. The van der Waals surface area contributed by atoms with Gasteiger partial charge in [-0.3, -0.25) is 15.2 Å². The molecule has 7 heteroatoms. The van der Waals surface area contributed by atoms with Crippen LogP contribution in [0.3, 0.4) is 0 Å². The minimum absolute atomic E-state index is 0.0236. The average molecular weight is 341 g/mol. The highest BCUT2D eigenvalue weighted by Crippen LogP contribution is 2.21. The fourth-order valence-corrected chi connectivity index (χ4v) is 2.19. The molecule has 0 saturated heterocycles. The van der Waals surface area contributed by atoms with Crippen LogP contribution in [0.15, 0.2) is 30.5 Å². The van der Waals surface area contributed by atoms with Gasteiger partial charge >= 0.3 is 0 Å². The standard InChI is InChI=1S/C18H20FN5O/c1-12-10-21-15(9-20)22-16(12)24(11-18(2,3)4)23-17(25)13-5-7-14(19)8-6-13/h5-8,10H,11H2,1-4H3,(H,23,25). The van der Waals surface area contributed by atoms with Crippen LogP contribution >= 0.6 is 0 Å². The molecule has 0 saturated carbocycles. The van der Waals surface area contributed by atoms with Crippen molar-refractivity contribution in [2.45, 2.75) is 27.7 Å². The fraction of sp³-hybridized carbons (Fsp3) is 0.333. The predicted molar refractivity (Wildman–Crippen MR) is 92.2 cm³/mol. The van der Waals surface area contributed by atoms with Gasteiger partial charge in [-0.1, -0.05) is 20.8 Å². The Morgan fingerprint density at radius 3 is 2.52 bits per heavy atom. The zero-order chi connectivity index (χ0) is 18.6. The van der Waals surface area contributed by atoms with E-state index in [0.717, 1.165) is 5.56 Å². The molecular formula is C18H20FN5O. The van der Waals surface area contributed by atoms with E-state index in [2.05, 4.69) is 15.4 Å². The quantitative estimate of drug-likeness (QED) is 0.865. The van der Waals surface area contributed by atoms with Crippen LogP contribution in [0.25, 0.3) is 0 Å². The molecule has 1 N–H and O–H groups in total. The highest BCUT2D eigenvalue weighted by molar-refractivity contribution is 5.95. The van der Waals surface area contributed by atoms with Gasteiger partial charge in [0.1, 0.15) is 11.9 Å². The van der Waals surface area contributed by atoms with Crippen molar-refractivity contribution in [2.24, 2.45) is 5.41 Å². The number of carbonyl (C=O) groups excluding carboxylic acids is 1. The molecular weight excluding hydrogens is 321 g/mol. The number of anilines is 1. The molecule has 6 nitrogen and oxygen atoms in total. The Morgan fingerprint density at radius 2 is 1.96 bits per heavy atom. The second-order valence-electron chi connectivity index (χ2n) is 6.91. The molecule has 25 heavy (non-hydrogen) atoms. The lowest BCUT2D eigenvalue weighted by Gasteiger charge is -2.31. The normalized spacial score (nSPS) is 10.9. The van der Waals surface area contributed by atoms with Crippen molar-refractivity contribution in [3.05, 3.63) is 53.2 Å². The van der Waals surface area contributed by atoms with E-state index < -0.39 is 5.82 Å². The minimum atomic E-state index is -0.409. The molecule has 0 unspecified atom stereocenters. The number of rotatable bonds is 4. The van der Waals surface area contributed by atoms with Crippen molar-refractivity contribution in [2.75, 3.05) is 11.6 Å². The molecule has 0 bridgehead atoms. The maximum absolute atomic E-state index is 13.0. The summed E-state index contributed by atoms with van der Waals surface area (Å²) in [6, 6.07) is 7.18. The van der Waals surface area contributed by atoms with Crippen LogP contribution in [0.5, 0.6) is 0 Å². The van der Waals surface area contributed by atoms with Crippen LogP contribution in [0.2, 0.25) is 0 Å². The fourth-order valence-electron chi connectivity index (χ4n) is 2.19. The van der Waals surface area contributed by atoms with Crippen molar-refractivity contribution in [1.29, 1.82) is 5.26 Å². The SMILES string of the molecule is Cc1cnc(C#N)nc1N(CC(C)(C)C)NC(=O)c1ccc(F)cc1. The number of hydrazine groups is 1. The number of nitrogens with zero attached hydrogens (tertiary/aromatic N) is 4. The summed E-state index contributed by atoms with van der Waals surface area (Å²) in [5, 5.41) is 10.6. The van der Waals surface area contributed by atoms with E-state index in [0.29, 0.717) is 17.9 Å². The number of carbonyl (C=O) groups is 1. The molecule has 0 radical (unpaired) electrons. The van der Waals surface area contributed by atoms with Gasteiger partial charge in [0.2, 0.25) is 5.82 Å². The van der Waals surface area contributed by atoms with Gasteiger partial charge in [0, 0.05) is 23.9 Å². The number of nitrogens with one attached hydrogen (secondary N) is 1. The van der Waals surface area contributed by atoms with Gasteiger partial charge in [0.05, 0.1) is 0 Å². The zero-order valence-electron chi connectivity index (χ0n) is 14.7. The monoisotopic (exact) mass is 341 g/mol. The number of aromatic nitrogens is 2. The molecule has 0 fully saturated rings. The maximum Gasteiger partial charge on any atom is 0.269 e. The van der Waals surface area contributed by atoms with Crippen LogP contribution in [-0.2, 0) is 0 Å². The first-order valence-corrected chi connectivity index (χ1v) is 7.77. The zero-order valence-corrected chi connectivity index (χ0v) is 14.7. The van der Waals surface area contributed by atoms with Gasteiger partial charge in [-0.05, 0) is 36.6 Å². The van der Waals surface area contributed by atoms with E-state index >= 15 is 0 Å². The van der Waals surface area contributed by atoms with Gasteiger partial charge < -0.3 is 0 Å². The third-order valence-corrected chi connectivity index (χ3v) is 3.28.